The number of aryl methyl sites for hydroxylation is 1. The van der Waals surface area contributed by atoms with Gasteiger partial charge in [-0.05, 0) is 25.8 Å². The number of amides is 2. The molecule has 0 saturated carbocycles. The summed E-state index contributed by atoms with van der Waals surface area (Å²) in [5.74, 6) is -0.290. The van der Waals surface area contributed by atoms with Crippen LogP contribution in [-0.2, 0) is 0 Å². The number of aromatic nitrogens is 1. The molecule has 0 aromatic carbocycles. The van der Waals surface area contributed by atoms with E-state index in [1.165, 1.54) is 11.1 Å². The first-order valence-corrected chi connectivity index (χ1v) is 6.49. The molecule has 0 radical (unpaired) electrons. The molecule has 1 aliphatic rings. The Morgan fingerprint density at radius 3 is 3.00 bits per heavy atom. The summed E-state index contributed by atoms with van der Waals surface area (Å²) in [7, 11) is 0. The molecule has 1 aliphatic heterocycles. The number of anilines is 1. The van der Waals surface area contributed by atoms with Gasteiger partial charge in [-0.3, -0.25) is 9.78 Å². The number of nitrogens with two attached hydrogens (primary N) is 1. The number of carbonyl (C=O) groups excluding carboxylic acids is 1. The van der Waals surface area contributed by atoms with Crippen molar-refractivity contribution in [2.75, 3.05) is 18.8 Å². The van der Waals surface area contributed by atoms with Crippen molar-refractivity contribution in [1.29, 1.82) is 0 Å². The number of likely N-dealkylation sites (tertiary alicyclic amines) is 1. The van der Waals surface area contributed by atoms with Crippen molar-refractivity contribution >= 4 is 17.7 Å². The topological polar surface area (TPSA) is 109 Å². The van der Waals surface area contributed by atoms with Crippen LogP contribution in [0.25, 0.3) is 0 Å². The number of carbonyl (C=O) groups is 2. The third-order valence-electron chi connectivity index (χ3n) is 3.51. The summed E-state index contributed by atoms with van der Waals surface area (Å²) in [5.41, 5.74) is 7.23. The van der Waals surface area contributed by atoms with E-state index < -0.39 is 6.09 Å². The quantitative estimate of drug-likeness (QED) is 0.759. The Labute approximate surface area is 116 Å². The number of rotatable bonds is 3. The third-order valence-corrected chi connectivity index (χ3v) is 3.51. The van der Waals surface area contributed by atoms with Crippen LogP contribution in [0.15, 0.2) is 12.3 Å². The van der Waals surface area contributed by atoms with Gasteiger partial charge in [-0.25, -0.2) is 4.79 Å². The Morgan fingerprint density at radius 1 is 1.60 bits per heavy atom. The molecule has 7 heteroatoms. The molecule has 0 aliphatic carbocycles. The van der Waals surface area contributed by atoms with Gasteiger partial charge in [0.1, 0.15) is 0 Å². The highest BCUT2D eigenvalue weighted by molar-refractivity contribution is 5.94. The predicted octanol–water partition coefficient (Wildman–Crippen LogP) is 0.844. The second-order valence-corrected chi connectivity index (χ2v) is 4.88. The minimum Gasteiger partial charge on any atom is -0.465 e. The van der Waals surface area contributed by atoms with E-state index in [1.54, 1.807) is 13.0 Å². The highest BCUT2D eigenvalue weighted by Gasteiger charge is 2.28. The summed E-state index contributed by atoms with van der Waals surface area (Å²) in [5, 5.41) is 11.8. The van der Waals surface area contributed by atoms with Crippen LogP contribution in [-0.4, -0.2) is 46.1 Å². The second kappa shape index (κ2) is 5.77. The second-order valence-electron chi connectivity index (χ2n) is 4.88. The number of nitrogens with zero attached hydrogens (tertiary/aromatic N) is 2. The van der Waals surface area contributed by atoms with Crippen LogP contribution >= 0.6 is 0 Å². The first-order chi connectivity index (χ1) is 9.49. The molecule has 108 valence electrons. The molecule has 2 heterocycles. The van der Waals surface area contributed by atoms with E-state index in [9.17, 15) is 9.59 Å². The van der Waals surface area contributed by atoms with Gasteiger partial charge in [0.05, 0.1) is 23.0 Å². The van der Waals surface area contributed by atoms with Crippen molar-refractivity contribution in [3.8, 4) is 0 Å². The van der Waals surface area contributed by atoms with E-state index in [2.05, 4.69) is 10.3 Å². The van der Waals surface area contributed by atoms with Crippen LogP contribution in [0, 0.1) is 6.92 Å². The maximum Gasteiger partial charge on any atom is 0.407 e. The fourth-order valence-electron chi connectivity index (χ4n) is 2.29. The molecular weight excluding hydrogens is 260 g/mol. The molecule has 1 aromatic rings. The van der Waals surface area contributed by atoms with Crippen LogP contribution in [0.1, 0.15) is 28.9 Å². The average molecular weight is 278 g/mol. The van der Waals surface area contributed by atoms with Crippen molar-refractivity contribution in [2.24, 2.45) is 0 Å². The van der Waals surface area contributed by atoms with Crippen LogP contribution in [0.2, 0.25) is 0 Å². The smallest absolute Gasteiger partial charge is 0.407 e. The zero-order chi connectivity index (χ0) is 14.7. The number of hydrogen-bond donors (Lipinski definition) is 3. The highest BCUT2D eigenvalue weighted by Crippen LogP contribution is 2.16. The number of nitrogens with one attached hydrogen (secondary N) is 1. The molecule has 7 nitrogen and oxygen atoms in total. The lowest BCUT2D eigenvalue weighted by Gasteiger charge is -2.21. The predicted molar refractivity (Wildman–Crippen MR) is 73.5 cm³/mol. The maximum atomic E-state index is 12.0. The van der Waals surface area contributed by atoms with Crippen LogP contribution in [0.4, 0.5) is 10.5 Å². The van der Waals surface area contributed by atoms with Gasteiger partial charge < -0.3 is 21.1 Å². The normalized spacial score (nSPS) is 18.1. The van der Waals surface area contributed by atoms with Crippen LogP contribution < -0.4 is 11.1 Å². The lowest BCUT2D eigenvalue weighted by molar-refractivity contribution is 0.0933. The van der Waals surface area contributed by atoms with Gasteiger partial charge in [-0.15, -0.1) is 0 Å². The van der Waals surface area contributed by atoms with E-state index >= 15 is 0 Å². The lowest BCUT2D eigenvalue weighted by atomic mass is 10.2. The number of hydrogen-bond acceptors (Lipinski definition) is 4. The summed E-state index contributed by atoms with van der Waals surface area (Å²) in [6.07, 6.45) is 2.11. The van der Waals surface area contributed by atoms with Gasteiger partial charge in [-0.2, -0.15) is 0 Å². The summed E-state index contributed by atoms with van der Waals surface area (Å²) in [4.78, 5) is 28.4. The first-order valence-electron chi connectivity index (χ1n) is 6.49. The SMILES string of the molecule is Cc1ncc(C(=O)NC[C@H]2CCCN2C(=O)O)cc1N. The fourth-order valence-corrected chi connectivity index (χ4v) is 2.29. The molecule has 2 rings (SSSR count). The molecule has 1 atom stereocenters. The third kappa shape index (κ3) is 2.98. The molecule has 20 heavy (non-hydrogen) atoms. The van der Waals surface area contributed by atoms with E-state index in [0.29, 0.717) is 30.0 Å². The molecule has 1 aromatic heterocycles. The van der Waals surface area contributed by atoms with E-state index in [4.69, 9.17) is 10.8 Å². The van der Waals surface area contributed by atoms with Gasteiger partial charge in [0, 0.05) is 19.3 Å². The van der Waals surface area contributed by atoms with Crippen molar-refractivity contribution < 1.29 is 14.7 Å². The van der Waals surface area contributed by atoms with Gasteiger partial charge >= 0.3 is 6.09 Å². The van der Waals surface area contributed by atoms with Gasteiger partial charge in [0.25, 0.3) is 5.91 Å². The molecular formula is C13H18N4O3. The summed E-state index contributed by atoms with van der Waals surface area (Å²) < 4.78 is 0. The monoisotopic (exact) mass is 278 g/mol. The van der Waals surface area contributed by atoms with Gasteiger partial charge in [-0.1, -0.05) is 0 Å². The highest BCUT2D eigenvalue weighted by atomic mass is 16.4. The summed E-state index contributed by atoms with van der Waals surface area (Å²) >= 11 is 0. The minimum absolute atomic E-state index is 0.160. The van der Waals surface area contributed by atoms with Crippen molar-refractivity contribution in [3.63, 3.8) is 0 Å². The Morgan fingerprint density at radius 2 is 2.35 bits per heavy atom. The van der Waals surface area contributed by atoms with E-state index in [0.717, 1.165) is 12.8 Å². The standard InChI is InChI=1S/C13H18N4O3/c1-8-11(14)5-9(6-15-8)12(18)16-7-10-3-2-4-17(10)13(19)20/h5-6,10H,2-4,7,14H2,1H3,(H,16,18)(H,19,20)/t10-/m1/s1. The molecule has 0 bridgehead atoms. The average Bonchev–Trinajstić information content (AvgIpc) is 2.87. The largest absolute Gasteiger partial charge is 0.465 e. The summed E-state index contributed by atoms with van der Waals surface area (Å²) in [6.45, 7) is 2.59. The van der Waals surface area contributed by atoms with Gasteiger partial charge in [0.2, 0.25) is 0 Å². The maximum absolute atomic E-state index is 12.0. The number of pyridine rings is 1. The van der Waals surface area contributed by atoms with Crippen molar-refractivity contribution in [1.82, 2.24) is 15.2 Å². The molecule has 0 unspecified atom stereocenters. The Hall–Kier alpha value is -2.31. The van der Waals surface area contributed by atoms with Crippen molar-refractivity contribution in [2.45, 2.75) is 25.8 Å². The minimum atomic E-state index is -0.942. The Bertz CT molecular complexity index is 532. The van der Waals surface area contributed by atoms with Crippen LogP contribution in [0.5, 0.6) is 0 Å². The molecule has 1 saturated heterocycles. The Balaban J connectivity index is 1.95. The lowest BCUT2D eigenvalue weighted by Crippen LogP contribution is -2.42. The van der Waals surface area contributed by atoms with Crippen LogP contribution in [0.3, 0.4) is 0 Å². The van der Waals surface area contributed by atoms with Crippen molar-refractivity contribution in [3.05, 3.63) is 23.5 Å². The zero-order valence-corrected chi connectivity index (χ0v) is 11.3. The number of carboxylic acid groups (broad SMARTS) is 1. The summed E-state index contributed by atoms with van der Waals surface area (Å²) in [6, 6.07) is 1.41. The van der Waals surface area contributed by atoms with E-state index in [-0.39, 0.29) is 11.9 Å². The van der Waals surface area contributed by atoms with E-state index in [1.807, 2.05) is 0 Å². The molecule has 2 amide bonds. The first kappa shape index (κ1) is 14.1. The number of nitrogen functional groups attached to an aromatic ring is 1. The zero-order valence-electron chi connectivity index (χ0n) is 11.3. The molecule has 4 N–H and O–H groups in total. The van der Waals surface area contributed by atoms with Gasteiger partial charge in [0.15, 0.2) is 0 Å². The molecule has 0 spiro atoms. The molecule has 1 fully saturated rings. The fraction of sp³-hybridized carbons (Fsp3) is 0.462. The Kier molecular flexibility index (Phi) is 4.07.